The fourth-order valence-electron chi connectivity index (χ4n) is 1.97. The number of hydrogen-bond donors (Lipinski definition) is 2. The Labute approximate surface area is 135 Å². The van der Waals surface area contributed by atoms with Crippen LogP contribution in [0.1, 0.15) is 39.0 Å². The second-order valence-electron chi connectivity index (χ2n) is 4.83. The lowest BCUT2D eigenvalue weighted by Gasteiger charge is -2.20. The largest absolute Gasteiger partial charge is 0.489 e. The van der Waals surface area contributed by atoms with Crippen LogP contribution < -0.4 is 10.1 Å². The van der Waals surface area contributed by atoms with Crippen molar-refractivity contribution >= 4 is 29.3 Å². The second-order valence-corrected chi connectivity index (χ2v) is 5.67. The fourth-order valence-corrected chi connectivity index (χ4v) is 2.29. The van der Waals surface area contributed by atoms with Crippen molar-refractivity contribution in [2.24, 2.45) is 0 Å². The van der Waals surface area contributed by atoms with Gasteiger partial charge in [0.05, 0.1) is 11.1 Å². The molecule has 0 aliphatic rings. The maximum atomic E-state index is 10.4. The molecule has 118 valence electrons. The van der Waals surface area contributed by atoms with Gasteiger partial charge in [-0.3, -0.25) is 0 Å². The molecule has 21 heavy (non-hydrogen) atoms. The fraction of sp³-hybridized carbons (Fsp3) is 0.533. The van der Waals surface area contributed by atoms with Crippen molar-refractivity contribution in [1.29, 1.82) is 0 Å². The summed E-state index contributed by atoms with van der Waals surface area (Å²) >= 11 is 12.1. The number of hydrogen-bond acceptors (Lipinski definition) is 2. The molecule has 0 saturated heterocycles. The van der Waals surface area contributed by atoms with E-state index >= 15 is 0 Å². The summed E-state index contributed by atoms with van der Waals surface area (Å²) in [5.74, 6) is 0.580. The molecule has 0 aliphatic carbocycles. The first kappa shape index (κ1) is 17.9. The van der Waals surface area contributed by atoms with E-state index in [0.29, 0.717) is 22.3 Å². The molecule has 2 N–H and O–H groups in total. The standard InChI is InChI=1S/C15H21Cl2NO3/c1-2-3-5-12(6-4-9-18-15(19)20)21-14-10-11(16)7-8-13(14)17/h7-8,10,12,18H,2-6,9H2,1H3,(H,19,20). The highest BCUT2D eigenvalue weighted by atomic mass is 35.5. The quantitative estimate of drug-likeness (QED) is 0.626. The lowest BCUT2D eigenvalue weighted by molar-refractivity contribution is 0.172. The molecular formula is C15H21Cl2NO3. The minimum absolute atomic E-state index is 0.0107. The van der Waals surface area contributed by atoms with Crippen LogP contribution in [0.4, 0.5) is 4.79 Å². The molecular weight excluding hydrogens is 313 g/mol. The van der Waals surface area contributed by atoms with E-state index < -0.39 is 6.09 Å². The molecule has 0 fully saturated rings. The Morgan fingerprint density at radius 3 is 2.71 bits per heavy atom. The number of unbranched alkanes of at least 4 members (excludes halogenated alkanes) is 1. The van der Waals surface area contributed by atoms with Crippen molar-refractivity contribution in [2.75, 3.05) is 6.54 Å². The maximum Gasteiger partial charge on any atom is 0.404 e. The van der Waals surface area contributed by atoms with Gasteiger partial charge < -0.3 is 15.2 Å². The monoisotopic (exact) mass is 333 g/mol. The van der Waals surface area contributed by atoms with Gasteiger partial charge in [0.25, 0.3) is 0 Å². The zero-order valence-corrected chi connectivity index (χ0v) is 13.6. The third-order valence-electron chi connectivity index (χ3n) is 3.05. The third kappa shape index (κ3) is 7.44. The molecule has 6 heteroatoms. The van der Waals surface area contributed by atoms with Gasteiger partial charge in [-0.2, -0.15) is 0 Å². The number of carboxylic acid groups (broad SMARTS) is 1. The number of nitrogens with one attached hydrogen (secondary N) is 1. The molecule has 4 nitrogen and oxygen atoms in total. The van der Waals surface area contributed by atoms with E-state index in [1.807, 2.05) is 0 Å². The molecule has 0 spiro atoms. The van der Waals surface area contributed by atoms with E-state index in [9.17, 15) is 4.79 Å². The lowest BCUT2D eigenvalue weighted by atomic mass is 10.1. The van der Waals surface area contributed by atoms with E-state index in [2.05, 4.69) is 12.2 Å². The van der Waals surface area contributed by atoms with E-state index in [4.69, 9.17) is 33.0 Å². The third-order valence-corrected chi connectivity index (χ3v) is 3.59. The maximum absolute atomic E-state index is 10.4. The Kier molecular flexibility index (Phi) is 8.31. The molecule has 0 bridgehead atoms. The molecule has 0 aliphatic heterocycles. The van der Waals surface area contributed by atoms with Crippen molar-refractivity contribution in [3.63, 3.8) is 0 Å². The molecule has 0 aromatic heterocycles. The normalized spacial score (nSPS) is 12.0. The van der Waals surface area contributed by atoms with Gasteiger partial charge in [-0.1, -0.05) is 43.0 Å². The second kappa shape index (κ2) is 9.74. The number of carbonyl (C=O) groups is 1. The van der Waals surface area contributed by atoms with Crippen LogP contribution in [-0.2, 0) is 0 Å². The SMILES string of the molecule is CCCCC(CCCNC(=O)O)Oc1cc(Cl)ccc1Cl. The lowest BCUT2D eigenvalue weighted by Crippen LogP contribution is -2.24. The summed E-state index contributed by atoms with van der Waals surface area (Å²) in [6.45, 7) is 2.54. The van der Waals surface area contributed by atoms with Gasteiger partial charge in [-0.25, -0.2) is 4.79 Å². The smallest absolute Gasteiger partial charge is 0.404 e. The average molecular weight is 334 g/mol. The van der Waals surface area contributed by atoms with Gasteiger partial charge in [0.1, 0.15) is 5.75 Å². The van der Waals surface area contributed by atoms with Crippen LogP contribution in [0.25, 0.3) is 0 Å². The van der Waals surface area contributed by atoms with Crippen LogP contribution in [0.3, 0.4) is 0 Å². The number of amides is 1. The number of halogens is 2. The van der Waals surface area contributed by atoms with Crippen molar-refractivity contribution in [3.05, 3.63) is 28.2 Å². The van der Waals surface area contributed by atoms with Crippen LogP contribution in [0.2, 0.25) is 10.0 Å². The predicted molar refractivity (Wildman–Crippen MR) is 85.7 cm³/mol. The van der Waals surface area contributed by atoms with Gasteiger partial charge in [-0.05, 0) is 31.4 Å². The van der Waals surface area contributed by atoms with Crippen molar-refractivity contribution < 1.29 is 14.6 Å². The number of rotatable bonds is 9. The van der Waals surface area contributed by atoms with Crippen LogP contribution in [0.15, 0.2) is 18.2 Å². The highest BCUT2D eigenvalue weighted by Crippen LogP contribution is 2.30. The van der Waals surface area contributed by atoms with Crippen LogP contribution in [-0.4, -0.2) is 23.8 Å². The zero-order valence-electron chi connectivity index (χ0n) is 12.1. The summed E-state index contributed by atoms with van der Waals surface area (Å²) in [5, 5.41) is 12.0. The Morgan fingerprint density at radius 1 is 1.33 bits per heavy atom. The van der Waals surface area contributed by atoms with Crippen molar-refractivity contribution in [2.45, 2.75) is 45.1 Å². The van der Waals surface area contributed by atoms with Gasteiger partial charge in [0.2, 0.25) is 0 Å². The minimum atomic E-state index is -1.00. The van der Waals surface area contributed by atoms with Crippen molar-refractivity contribution in [1.82, 2.24) is 5.32 Å². The van der Waals surface area contributed by atoms with E-state index in [0.717, 1.165) is 32.1 Å². The molecule has 1 aromatic rings. The highest BCUT2D eigenvalue weighted by molar-refractivity contribution is 6.34. The Morgan fingerprint density at radius 2 is 2.05 bits per heavy atom. The van der Waals surface area contributed by atoms with E-state index in [1.165, 1.54) is 0 Å². The summed E-state index contributed by atoms with van der Waals surface area (Å²) in [7, 11) is 0. The van der Waals surface area contributed by atoms with Crippen LogP contribution in [0, 0.1) is 0 Å². The van der Waals surface area contributed by atoms with Crippen molar-refractivity contribution in [3.8, 4) is 5.75 Å². The first-order chi connectivity index (χ1) is 10.0. The molecule has 0 radical (unpaired) electrons. The molecule has 1 aromatic carbocycles. The number of benzene rings is 1. The zero-order chi connectivity index (χ0) is 15.7. The highest BCUT2D eigenvalue weighted by Gasteiger charge is 2.13. The van der Waals surface area contributed by atoms with E-state index in [1.54, 1.807) is 18.2 Å². The van der Waals surface area contributed by atoms with E-state index in [-0.39, 0.29) is 6.10 Å². The average Bonchev–Trinajstić information content (AvgIpc) is 2.44. The summed E-state index contributed by atoms with van der Waals surface area (Å²) in [5.41, 5.74) is 0. The predicted octanol–water partition coefficient (Wildman–Crippen LogP) is 4.98. The molecule has 1 amide bonds. The number of ether oxygens (including phenoxy) is 1. The summed E-state index contributed by atoms with van der Waals surface area (Å²) in [4.78, 5) is 10.4. The minimum Gasteiger partial charge on any atom is -0.489 e. The molecule has 0 saturated carbocycles. The van der Waals surface area contributed by atoms with Crippen LogP contribution >= 0.6 is 23.2 Å². The summed E-state index contributed by atoms with van der Waals surface area (Å²) in [6, 6.07) is 5.13. The molecule has 1 unspecified atom stereocenters. The van der Waals surface area contributed by atoms with Gasteiger partial charge in [0, 0.05) is 17.6 Å². The topological polar surface area (TPSA) is 58.6 Å². The van der Waals surface area contributed by atoms with Gasteiger partial charge >= 0.3 is 6.09 Å². The molecule has 1 atom stereocenters. The van der Waals surface area contributed by atoms with Gasteiger partial charge in [-0.15, -0.1) is 0 Å². The van der Waals surface area contributed by atoms with Gasteiger partial charge in [0.15, 0.2) is 0 Å². The van der Waals surface area contributed by atoms with Crippen LogP contribution in [0.5, 0.6) is 5.75 Å². The molecule has 0 heterocycles. The first-order valence-corrected chi connectivity index (χ1v) is 7.87. The Bertz CT molecular complexity index is 455. The molecule has 1 rings (SSSR count). The Balaban J connectivity index is 2.55. The first-order valence-electron chi connectivity index (χ1n) is 7.11. The summed E-state index contributed by atoms with van der Waals surface area (Å²) < 4.78 is 5.94. The Hall–Kier alpha value is -1.13. The summed E-state index contributed by atoms with van der Waals surface area (Å²) in [6.07, 6.45) is 3.54.